The minimum atomic E-state index is -1.39. The lowest BCUT2D eigenvalue weighted by Crippen LogP contribution is -2.50. The first-order chi connectivity index (χ1) is 14.5. The lowest BCUT2D eigenvalue weighted by molar-refractivity contribution is -0.308. The van der Waals surface area contributed by atoms with Gasteiger partial charge in [0.25, 0.3) is 5.91 Å². The van der Waals surface area contributed by atoms with Crippen LogP contribution in [0.5, 0.6) is 5.75 Å². The zero-order valence-electron chi connectivity index (χ0n) is 15.7. The molecule has 0 fully saturated rings. The van der Waals surface area contributed by atoms with Crippen LogP contribution in [-0.2, 0) is 16.0 Å². The van der Waals surface area contributed by atoms with Crippen LogP contribution in [0.3, 0.4) is 0 Å². The smallest absolute Gasteiger partial charge is 0.336 e. The highest BCUT2D eigenvalue weighted by Gasteiger charge is 2.17. The van der Waals surface area contributed by atoms with Gasteiger partial charge in [0.1, 0.15) is 11.3 Å². The fourth-order valence-corrected chi connectivity index (χ4v) is 3.23. The number of aromatic amines is 1. The molecule has 0 saturated heterocycles. The second kappa shape index (κ2) is 8.12. The lowest BCUT2D eigenvalue weighted by atomic mass is 10.1. The number of carboxylic acids is 1. The molecule has 2 heterocycles. The van der Waals surface area contributed by atoms with Gasteiger partial charge in [-0.1, -0.05) is 18.2 Å². The number of H-pyrrole nitrogens is 1. The summed E-state index contributed by atoms with van der Waals surface area (Å²) in [5.41, 5.74) is 1.46. The van der Waals surface area contributed by atoms with Gasteiger partial charge >= 0.3 is 5.63 Å². The van der Waals surface area contributed by atoms with Crippen molar-refractivity contribution in [3.05, 3.63) is 76.8 Å². The summed E-state index contributed by atoms with van der Waals surface area (Å²) in [6, 6.07) is 14.0. The molecule has 0 aliphatic heterocycles. The summed E-state index contributed by atoms with van der Waals surface area (Å²) in [4.78, 5) is 38.2. The quantitative estimate of drug-likeness (QED) is 0.444. The van der Waals surface area contributed by atoms with E-state index in [4.69, 9.17) is 9.15 Å². The number of para-hydroxylation sites is 1. The van der Waals surface area contributed by atoms with Crippen LogP contribution in [-0.4, -0.2) is 29.5 Å². The molecule has 2 aromatic carbocycles. The summed E-state index contributed by atoms with van der Waals surface area (Å²) >= 11 is 0. The zero-order chi connectivity index (χ0) is 21.1. The molecule has 152 valence electrons. The van der Waals surface area contributed by atoms with E-state index in [0.717, 1.165) is 16.5 Å². The number of benzene rings is 2. The maximum absolute atomic E-state index is 12.2. The average Bonchev–Trinajstić information content (AvgIpc) is 3.14. The Bertz CT molecular complexity index is 1290. The minimum absolute atomic E-state index is 0.0687. The molecule has 4 aromatic rings. The first-order valence-electron chi connectivity index (χ1n) is 9.21. The Kier molecular flexibility index (Phi) is 5.21. The predicted molar refractivity (Wildman–Crippen MR) is 107 cm³/mol. The van der Waals surface area contributed by atoms with Crippen LogP contribution < -0.4 is 20.8 Å². The second-order valence-corrected chi connectivity index (χ2v) is 6.75. The molecule has 0 unspecified atom stereocenters. The maximum Gasteiger partial charge on any atom is 0.336 e. The van der Waals surface area contributed by atoms with E-state index in [1.165, 1.54) is 12.1 Å². The molecule has 0 aliphatic rings. The van der Waals surface area contributed by atoms with Gasteiger partial charge in [0.2, 0.25) is 0 Å². The Hall–Kier alpha value is -4.07. The fourth-order valence-electron chi connectivity index (χ4n) is 3.23. The molecule has 0 aliphatic carbocycles. The molecule has 4 rings (SSSR count). The summed E-state index contributed by atoms with van der Waals surface area (Å²) in [5.74, 6) is -1.69. The topological polar surface area (TPSA) is 124 Å². The highest BCUT2D eigenvalue weighted by molar-refractivity contribution is 5.86. The number of carbonyl (C=O) groups excluding carboxylic acids is 2. The summed E-state index contributed by atoms with van der Waals surface area (Å²) in [5, 5.41) is 15.5. The number of rotatable bonds is 7. The number of hydrogen-bond acceptors (Lipinski definition) is 6. The third kappa shape index (κ3) is 4.17. The molecule has 8 heteroatoms. The summed E-state index contributed by atoms with van der Waals surface area (Å²) < 4.78 is 10.5. The molecule has 2 N–H and O–H groups in total. The second-order valence-electron chi connectivity index (χ2n) is 6.75. The van der Waals surface area contributed by atoms with E-state index >= 15 is 0 Å². The summed E-state index contributed by atoms with van der Waals surface area (Å²) in [6.45, 7) is -0.403. The number of hydrogen-bond donors (Lipinski definition) is 2. The van der Waals surface area contributed by atoms with E-state index in [2.05, 4.69) is 10.3 Å². The first-order valence-corrected chi connectivity index (χ1v) is 9.21. The van der Waals surface area contributed by atoms with E-state index in [-0.39, 0.29) is 6.42 Å². The Morgan fingerprint density at radius 2 is 1.93 bits per heavy atom. The van der Waals surface area contributed by atoms with Crippen molar-refractivity contribution in [2.24, 2.45) is 0 Å². The van der Waals surface area contributed by atoms with Gasteiger partial charge in [-0.15, -0.1) is 0 Å². The Labute approximate surface area is 170 Å². The maximum atomic E-state index is 12.2. The van der Waals surface area contributed by atoms with Gasteiger partial charge in [-0.2, -0.15) is 0 Å². The number of fused-ring (bicyclic) bond motifs is 2. The lowest BCUT2D eigenvalue weighted by Gasteiger charge is -2.19. The minimum Gasteiger partial charge on any atom is -0.548 e. The zero-order valence-corrected chi connectivity index (χ0v) is 15.7. The Balaban J connectivity index is 1.41. The third-order valence-corrected chi connectivity index (χ3v) is 4.68. The molecule has 1 amide bonds. The van der Waals surface area contributed by atoms with Crippen molar-refractivity contribution in [2.45, 2.75) is 12.5 Å². The van der Waals surface area contributed by atoms with Gasteiger partial charge in [-0.05, 0) is 29.8 Å². The molecule has 8 nitrogen and oxygen atoms in total. The molecule has 0 bridgehead atoms. The summed E-state index contributed by atoms with van der Waals surface area (Å²) in [7, 11) is 0. The van der Waals surface area contributed by atoms with Gasteiger partial charge in [0, 0.05) is 41.0 Å². The van der Waals surface area contributed by atoms with Crippen LogP contribution in [0.15, 0.2) is 70.0 Å². The van der Waals surface area contributed by atoms with Crippen LogP contribution in [0.4, 0.5) is 0 Å². The molecule has 0 spiro atoms. The van der Waals surface area contributed by atoms with Crippen molar-refractivity contribution in [3.8, 4) is 5.75 Å². The Morgan fingerprint density at radius 3 is 2.77 bits per heavy atom. The number of carboxylic acid groups (broad SMARTS) is 1. The van der Waals surface area contributed by atoms with Crippen molar-refractivity contribution in [1.82, 2.24) is 10.3 Å². The largest absolute Gasteiger partial charge is 0.548 e. The van der Waals surface area contributed by atoms with Crippen LogP contribution in [0.25, 0.3) is 21.9 Å². The molecule has 0 radical (unpaired) electrons. The monoisotopic (exact) mass is 405 g/mol. The molecule has 30 heavy (non-hydrogen) atoms. The average molecular weight is 405 g/mol. The molecule has 2 aromatic heterocycles. The van der Waals surface area contributed by atoms with E-state index in [1.54, 1.807) is 24.4 Å². The number of carbonyl (C=O) groups is 2. The van der Waals surface area contributed by atoms with E-state index in [1.807, 2.05) is 24.3 Å². The van der Waals surface area contributed by atoms with Crippen molar-refractivity contribution < 1.29 is 23.8 Å². The fraction of sp³-hybridized carbons (Fsp3) is 0.136. The van der Waals surface area contributed by atoms with Crippen LogP contribution >= 0.6 is 0 Å². The molecule has 1 atom stereocenters. The van der Waals surface area contributed by atoms with Gasteiger partial charge in [0.15, 0.2) is 6.61 Å². The Morgan fingerprint density at radius 1 is 1.13 bits per heavy atom. The SMILES string of the molecule is O=C(COc1ccc2ccc(=O)oc2c1)N[C@@H](Cc1c[nH]c2ccccc12)C(=O)[O-]. The van der Waals surface area contributed by atoms with Crippen LogP contribution in [0.1, 0.15) is 5.56 Å². The van der Waals surface area contributed by atoms with Gasteiger partial charge in [-0.3, -0.25) is 4.79 Å². The van der Waals surface area contributed by atoms with Crippen molar-refractivity contribution in [2.75, 3.05) is 6.61 Å². The van der Waals surface area contributed by atoms with E-state index in [9.17, 15) is 19.5 Å². The molecular weight excluding hydrogens is 388 g/mol. The van der Waals surface area contributed by atoms with Crippen LogP contribution in [0.2, 0.25) is 0 Å². The van der Waals surface area contributed by atoms with Gasteiger partial charge < -0.3 is 29.4 Å². The molecule has 0 saturated carbocycles. The molecular formula is C22H17N2O6-. The highest BCUT2D eigenvalue weighted by Crippen LogP contribution is 2.20. The van der Waals surface area contributed by atoms with Crippen molar-refractivity contribution >= 4 is 33.7 Å². The normalized spacial score (nSPS) is 12.0. The van der Waals surface area contributed by atoms with Crippen molar-refractivity contribution in [1.29, 1.82) is 0 Å². The number of aliphatic carboxylic acids is 1. The number of nitrogens with one attached hydrogen (secondary N) is 2. The predicted octanol–water partition coefficient (Wildman–Crippen LogP) is 1.13. The summed E-state index contributed by atoms with van der Waals surface area (Å²) in [6.07, 6.45) is 1.78. The van der Waals surface area contributed by atoms with E-state index in [0.29, 0.717) is 16.7 Å². The van der Waals surface area contributed by atoms with Crippen LogP contribution in [0, 0.1) is 0 Å². The number of ether oxygens (including phenoxy) is 1. The van der Waals surface area contributed by atoms with Gasteiger partial charge in [0.05, 0.1) is 12.0 Å². The third-order valence-electron chi connectivity index (χ3n) is 4.68. The van der Waals surface area contributed by atoms with Crippen molar-refractivity contribution in [3.63, 3.8) is 0 Å². The van der Waals surface area contributed by atoms with Gasteiger partial charge in [-0.25, -0.2) is 4.79 Å². The first kappa shape index (κ1) is 19.3. The number of amides is 1. The number of aromatic nitrogens is 1. The van der Waals surface area contributed by atoms with E-state index < -0.39 is 30.2 Å². The standard InChI is InChI=1S/C22H18N2O6/c25-20(12-29-15-7-5-13-6-8-21(26)30-19(13)10-15)24-18(22(27)28)9-14-11-23-17-4-2-1-3-16(14)17/h1-8,10-11,18,23H,9,12H2,(H,24,25)(H,27,28)/p-1/t18-/m0/s1. The highest BCUT2D eigenvalue weighted by atomic mass is 16.5.